The van der Waals surface area contributed by atoms with E-state index in [0.29, 0.717) is 38.0 Å². The second-order valence-electron chi connectivity index (χ2n) is 27.3. The molecular weight excluding hydrogens is 1160 g/mol. The summed E-state index contributed by atoms with van der Waals surface area (Å²) in [6.45, 7) is 12.4. The monoisotopic (exact) mass is 1270 g/mol. The number of aliphatic hydroxyl groups excluding tert-OH is 6. The van der Waals surface area contributed by atoms with Crippen LogP contribution in [0.5, 0.6) is 0 Å². The van der Waals surface area contributed by atoms with Crippen molar-refractivity contribution in [2.75, 3.05) is 13.2 Å². The second-order valence-corrected chi connectivity index (χ2v) is 27.3. The van der Waals surface area contributed by atoms with Gasteiger partial charge in [-0.3, -0.25) is 9.59 Å². The SMILES string of the molecule is CC/C=C\C/C=C\C/C=C\C/C=C\C/C=C\CCCC(=O)O[C@@H]1[C@@H](O)[C@H](O[C@H]2[C@@H](OC(C)=O)C[C@H](O[C@H]3[C@@H](O)C[C@H](O[C@H]4[C@@H](O)C[C@H](O[C@H]5CC[C@@]6(C)[C@H](CC[C@@H]7[C@@H]6C[C@@H](O)[C@]6(C)[C@@H](C8=CC(=O)OC8)CC[C@]76O)C5)O[C@@H]4C)O[C@@H]3C)O[C@@H]2C)O[C@H](CO)[C@H]1O. The van der Waals surface area contributed by atoms with Crippen molar-refractivity contribution in [2.45, 2.75) is 293 Å². The van der Waals surface area contributed by atoms with Gasteiger partial charge in [0.1, 0.15) is 49.3 Å². The van der Waals surface area contributed by atoms with E-state index in [2.05, 4.69) is 62.5 Å². The predicted molar refractivity (Wildman–Crippen MR) is 327 cm³/mol. The quantitative estimate of drug-likeness (QED) is 0.0158. The van der Waals surface area contributed by atoms with Crippen molar-refractivity contribution < 1.29 is 102 Å². The summed E-state index contributed by atoms with van der Waals surface area (Å²) in [5.41, 5.74) is -1.05. The molecule has 5 aliphatic heterocycles. The minimum Gasteiger partial charge on any atom is -0.459 e. The third kappa shape index (κ3) is 16.1. The topological polar surface area (TPSA) is 294 Å². The molecule has 0 amide bonds. The number of ether oxygens (including phenoxy) is 11. The Morgan fingerprint density at radius 2 is 1.23 bits per heavy atom. The Labute approximate surface area is 531 Å². The van der Waals surface area contributed by atoms with Gasteiger partial charge in [-0.2, -0.15) is 0 Å². The van der Waals surface area contributed by atoms with Crippen molar-refractivity contribution in [1.82, 2.24) is 0 Å². The summed E-state index contributed by atoms with van der Waals surface area (Å²) in [5, 5.41) is 80.6. The van der Waals surface area contributed by atoms with Gasteiger partial charge in [0.05, 0.1) is 54.9 Å². The van der Waals surface area contributed by atoms with E-state index in [1.807, 2.05) is 26.0 Å². The van der Waals surface area contributed by atoms with Gasteiger partial charge in [-0.15, -0.1) is 0 Å². The summed E-state index contributed by atoms with van der Waals surface area (Å²) in [6, 6.07) is 0. The molecule has 8 fully saturated rings. The Bertz CT molecular complexity index is 2530. The summed E-state index contributed by atoms with van der Waals surface area (Å²) >= 11 is 0. The fourth-order valence-electron chi connectivity index (χ4n) is 16.7. The molecule has 0 spiro atoms. The molecule has 0 radical (unpaired) electrons. The highest BCUT2D eigenvalue weighted by Crippen LogP contribution is 2.70. The number of fused-ring (bicyclic) bond motifs is 5. The molecule has 9 aliphatic rings. The summed E-state index contributed by atoms with van der Waals surface area (Å²) in [7, 11) is 0. The van der Waals surface area contributed by atoms with E-state index in [-0.39, 0.29) is 67.5 Å². The third-order valence-corrected chi connectivity index (χ3v) is 21.5. The summed E-state index contributed by atoms with van der Waals surface area (Å²) < 4.78 is 66.9. The van der Waals surface area contributed by atoms with Crippen LogP contribution < -0.4 is 0 Å². The number of esters is 3. The zero-order valence-corrected chi connectivity index (χ0v) is 53.8. The Hall–Kier alpha value is -3.75. The highest BCUT2D eigenvalue weighted by atomic mass is 16.8. The van der Waals surface area contributed by atoms with Gasteiger partial charge in [-0.25, -0.2) is 4.79 Å². The van der Waals surface area contributed by atoms with Crippen molar-refractivity contribution in [1.29, 1.82) is 0 Å². The second kappa shape index (κ2) is 31.7. The first kappa shape index (κ1) is 70.6. The van der Waals surface area contributed by atoms with Crippen molar-refractivity contribution in [3.63, 3.8) is 0 Å². The number of unbranched alkanes of at least 4 members (excludes halogenated alkanes) is 1. The Kier molecular flexibility index (Phi) is 24.8. The van der Waals surface area contributed by atoms with Crippen LogP contribution >= 0.6 is 0 Å². The van der Waals surface area contributed by atoms with Crippen LogP contribution in [0.1, 0.15) is 170 Å². The van der Waals surface area contributed by atoms with Crippen LogP contribution in [0.4, 0.5) is 0 Å². The Balaban J connectivity index is 0.701. The molecule has 7 N–H and O–H groups in total. The van der Waals surface area contributed by atoms with Crippen molar-refractivity contribution in [3.8, 4) is 0 Å². The molecule has 4 aliphatic carbocycles. The van der Waals surface area contributed by atoms with Crippen molar-refractivity contribution in [2.24, 2.45) is 34.5 Å². The Morgan fingerprint density at radius 3 is 1.81 bits per heavy atom. The maximum atomic E-state index is 13.1. The van der Waals surface area contributed by atoms with Gasteiger partial charge in [0, 0.05) is 44.1 Å². The summed E-state index contributed by atoms with van der Waals surface area (Å²) in [5.74, 6) is -1.31. The zero-order valence-electron chi connectivity index (χ0n) is 53.8. The first-order valence-electron chi connectivity index (χ1n) is 33.5. The number of carbonyl (C=O) groups is 3. The lowest BCUT2D eigenvalue weighted by Crippen LogP contribution is -2.67. The van der Waals surface area contributed by atoms with E-state index in [4.69, 9.17) is 52.1 Å². The fourth-order valence-corrected chi connectivity index (χ4v) is 16.7. The summed E-state index contributed by atoms with van der Waals surface area (Å²) in [4.78, 5) is 37.7. The molecule has 4 saturated heterocycles. The number of hydrogen-bond acceptors (Lipinski definition) is 21. The molecule has 4 saturated carbocycles. The molecule has 21 nitrogen and oxygen atoms in total. The number of carbonyl (C=O) groups excluding carboxylic acids is 3. The van der Waals surface area contributed by atoms with Gasteiger partial charge in [-0.05, 0) is 152 Å². The van der Waals surface area contributed by atoms with Crippen LogP contribution in [0, 0.1) is 34.5 Å². The van der Waals surface area contributed by atoms with Crippen LogP contribution in [0.25, 0.3) is 0 Å². The van der Waals surface area contributed by atoms with Gasteiger partial charge in [0.2, 0.25) is 0 Å². The van der Waals surface area contributed by atoms with E-state index in [1.165, 1.54) is 6.92 Å². The molecule has 0 bridgehead atoms. The average Bonchev–Trinajstić information content (AvgIpc) is 1.40. The maximum absolute atomic E-state index is 13.1. The lowest BCUT2D eigenvalue weighted by molar-refractivity contribution is -0.355. The number of allylic oxidation sites excluding steroid dienone is 10. The van der Waals surface area contributed by atoms with Crippen LogP contribution in [-0.4, -0.2) is 189 Å². The minimum absolute atomic E-state index is 0.00289. The molecule has 0 aromatic rings. The van der Waals surface area contributed by atoms with Gasteiger partial charge in [0.15, 0.2) is 31.3 Å². The fraction of sp³-hybridized carbons (Fsp3) is 0.783. The molecule has 0 aromatic heterocycles. The predicted octanol–water partition coefficient (Wildman–Crippen LogP) is 7.09. The van der Waals surface area contributed by atoms with Gasteiger partial charge < -0.3 is 87.9 Å². The van der Waals surface area contributed by atoms with Gasteiger partial charge in [0.25, 0.3) is 0 Å². The van der Waals surface area contributed by atoms with Crippen LogP contribution in [0.3, 0.4) is 0 Å². The zero-order chi connectivity index (χ0) is 64.5. The number of hydrogen-bond donors (Lipinski definition) is 7. The lowest BCUT2D eigenvalue weighted by Gasteiger charge is -2.65. The van der Waals surface area contributed by atoms with E-state index in [9.17, 15) is 50.1 Å². The number of aliphatic hydroxyl groups is 7. The van der Waals surface area contributed by atoms with Gasteiger partial charge in [-0.1, -0.05) is 81.5 Å². The highest BCUT2D eigenvalue weighted by Gasteiger charge is 2.71. The van der Waals surface area contributed by atoms with E-state index < -0.39 is 140 Å². The van der Waals surface area contributed by atoms with Crippen molar-refractivity contribution in [3.05, 3.63) is 72.4 Å². The maximum Gasteiger partial charge on any atom is 0.331 e. The Morgan fingerprint density at radius 1 is 0.644 bits per heavy atom. The van der Waals surface area contributed by atoms with Crippen molar-refractivity contribution >= 4 is 17.9 Å². The first-order valence-corrected chi connectivity index (χ1v) is 33.5. The van der Waals surface area contributed by atoms with Gasteiger partial charge >= 0.3 is 17.9 Å². The third-order valence-electron chi connectivity index (χ3n) is 21.5. The smallest absolute Gasteiger partial charge is 0.331 e. The lowest BCUT2D eigenvalue weighted by atomic mass is 9.42. The largest absolute Gasteiger partial charge is 0.459 e. The molecule has 90 heavy (non-hydrogen) atoms. The molecule has 9 rings (SSSR count). The van der Waals surface area contributed by atoms with E-state index in [0.717, 1.165) is 69.8 Å². The average molecular weight is 1270 g/mol. The number of cyclic esters (lactones) is 1. The molecule has 0 aromatic carbocycles. The minimum atomic E-state index is -1.72. The molecular formula is C69H104O21. The first-order chi connectivity index (χ1) is 43.1. The number of rotatable bonds is 25. The summed E-state index contributed by atoms with van der Waals surface area (Å²) in [6.07, 6.45) is 14.9. The highest BCUT2D eigenvalue weighted by molar-refractivity contribution is 5.85. The molecule has 0 unspecified atom stereocenters. The molecule has 26 atom stereocenters. The molecule has 5 heterocycles. The molecule has 506 valence electrons. The van der Waals surface area contributed by atoms with E-state index in [1.54, 1.807) is 19.9 Å². The molecule has 21 heteroatoms. The van der Waals surface area contributed by atoms with Crippen LogP contribution in [-0.2, 0) is 66.5 Å². The standard InChI is InChI=1S/C69H104O21/c1-8-9-10-11-12-13-14-15-16-17-18-19-20-21-22-23-24-25-55(75)87-65-60(77)53(38-70)86-66(61(65)78)90-64-42(4)83-59(37-52(64)84-43(5)71)89-63-41(3)82-58(36-51(63)73)88-62-40(2)81-57(35-50(62)72)85-46-28-30-67(6)45(33-46)26-27-48-49(67)34-54(74)68(7)47(29-31-69(48,68)79)44-32-56(76)80-39-44/h9-10,12-13,15-16,18-19,21-22,32,40-42,45-54,57-66,70,72-74,77-79H,8,11,14,17,20,23-31,33-39H2,1-7H3/b10-9-,13-12-,16-15-,19-18-,22-21-/t40-,41-,42-,45-,46+,47-,48-,49+,50+,51+,52+,53-,54-,57+,58+,59+,60-,61-,62-,63-,64-,65+,66+,67+,68+,69+/m1/s1. The van der Waals surface area contributed by atoms with E-state index >= 15 is 0 Å². The van der Waals surface area contributed by atoms with Crippen LogP contribution in [0.2, 0.25) is 0 Å². The normalized spacial score (nSPS) is 44.0. The van der Waals surface area contributed by atoms with Crippen LogP contribution in [0.15, 0.2) is 72.4 Å².